The molecule has 0 radical (unpaired) electrons. The van der Waals surface area contributed by atoms with Crippen molar-refractivity contribution < 1.29 is 27.5 Å². The van der Waals surface area contributed by atoms with E-state index in [2.05, 4.69) is 10.3 Å². The van der Waals surface area contributed by atoms with Crippen molar-refractivity contribution in [2.24, 2.45) is 5.92 Å². The Kier molecular flexibility index (Phi) is 6.54. The van der Waals surface area contributed by atoms with Crippen LogP contribution in [0.25, 0.3) is 10.2 Å². The molecule has 0 unspecified atom stereocenters. The van der Waals surface area contributed by atoms with Gasteiger partial charge in [0.05, 0.1) is 21.3 Å². The number of carbonyl (C=O) groups excluding carboxylic acids is 2. The van der Waals surface area contributed by atoms with Crippen LogP contribution in [0.5, 0.6) is 0 Å². The lowest BCUT2D eigenvalue weighted by molar-refractivity contribution is -0.150. The van der Waals surface area contributed by atoms with E-state index in [1.165, 1.54) is 12.4 Å². The first-order valence-electron chi connectivity index (χ1n) is 9.76. The zero-order valence-electron chi connectivity index (χ0n) is 17.0. The maximum Gasteiger partial charge on any atom is 0.417 e. The summed E-state index contributed by atoms with van der Waals surface area (Å²) in [5, 5.41) is 3.84. The van der Waals surface area contributed by atoms with Crippen LogP contribution in [0.2, 0.25) is 0 Å². The van der Waals surface area contributed by atoms with E-state index in [9.17, 15) is 22.8 Å². The second-order valence-electron chi connectivity index (χ2n) is 7.71. The summed E-state index contributed by atoms with van der Waals surface area (Å²) in [6.45, 7) is 4.69. The van der Waals surface area contributed by atoms with Gasteiger partial charge in [-0.05, 0) is 12.0 Å². The van der Waals surface area contributed by atoms with E-state index in [1.54, 1.807) is 4.90 Å². The first kappa shape index (κ1) is 22.3. The lowest BCUT2D eigenvalue weighted by Gasteiger charge is -2.33. The summed E-state index contributed by atoms with van der Waals surface area (Å²) >= 11 is 0.859. The van der Waals surface area contributed by atoms with Crippen LogP contribution in [0.1, 0.15) is 49.0 Å². The molecule has 0 spiro atoms. The van der Waals surface area contributed by atoms with Gasteiger partial charge in [0.2, 0.25) is 0 Å². The highest BCUT2D eigenvalue weighted by molar-refractivity contribution is 7.17. The van der Waals surface area contributed by atoms with Gasteiger partial charge in [0, 0.05) is 44.8 Å². The molecule has 3 rings (SSSR count). The molecule has 1 N–H and O–H groups in total. The molecule has 1 fully saturated rings. The zero-order chi connectivity index (χ0) is 22.1. The number of pyridine rings is 1. The third-order valence-electron chi connectivity index (χ3n) is 4.93. The number of hydrogen-bond donors (Lipinski definition) is 1. The zero-order valence-corrected chi connectivity index (χ0v) is 17.8. The van der Waals surface area contributed by atoms with Gasteiger partial charge >= 0.3 is 12.1 Å². The minimum atomic E-state index is -4.56. The fourth-order valence-corrected chi connectivity index (χ4v) is 4.46. The number of anilines is 1. The molecule has 0 bridgehead atoms. The molecule has 0 aliphatic carbocycles. The van der Waals surface area contributed by atoms with Crippen LogP contribution in [0.3, 0.4) is 0 Å². The average molecular weight is 443 g/mol. The maximum absolute atomic E-state index is 13.7. The second kappa shape index (κ2) is 8.79. The summed E-state index contributed by atoms with van der Waals surface area (Å²) in [6, 6.07) is 1.04. The van der Waals surface area contributed by atoms with Crippen LogP contribution in [-0.2, 0) is 15.7 Å². The molecule has 1 aliphatic heterocycles. The Morgan fingerprint density at radius 1 is 1.33 bits per heavy atom. The van der Waals surface area contributed by atoms with Gasteiger partial charge in [-0.2, -0.15) is 13.2 Å². The van der Waals surface area contributed by atoms with Gasteiger partial charge in [-0.15, -0.1) is 11.3 Å². The van der Waals surface area contributed by atoms with Crippen LogP contribution < -0.4 is 10.2 Å². The van der Waals surface area contributed by atoms with Gasteiger partial charge in [-0.25, -0.2) is 4.98 Å². The number of aromatic nitrogens is 1. The van der Waals surface area contributed by atoms with Crippen molar-refractivity contribution in [3.63, 3.8) is 0 Å². The molecule has 0 saturated carbocycles. The summed E-state index contributed by atoms with van der Waals surface area (Å²) in [7, 11) is 1.42. The van der Waals surface area contributed by atoms with Crippen LogP contribution >= 0.6 is 11.3 Å². The number of amides is 1. The van der Waals surface area contributed by atoms with Crippen molar-refractivity contribution in [2.45, 2.75) is 45.4 Å². The third kappa shape index (κ3) is 4.85. The highest BCUT2D eigenvalue weighted by Crippen LogP contribution is 2.40. The molecule has 1 aliphatic rings. The van der Waals surface area contributed by atoms with E-state index in [-0.39, 0.29) is 39.6 Å². The molecule has 10 heteroatoms. The van der Waals surface area contributed by atoms with Crippen molar-refractivity contribution in [1.82, 2.24) is 10.3 Å². The van der Waals surface area contributed by atoms with E-state index in [1.807, 2.05) is 13.8 Å². The number of halogens is 3. The first-order valence-corrected chi connectivity index (χ1v) is 10.6. The molecule has 0 atom stereocenters. The SMILES string of the molecule is CNC(=O)c1csc2c(C(F)(F)F)cc(N3CCC(OC(=O)CC(C)C)CC3)nc12. The van der Waals surface area contributed by atoms with E-state index in [0.717, 1.165) is 17.4 Å². The normalized spacial score (nSPS) is 15.6. The Labute approximate surface area is 176 Å². The molecule has 1 saturated heterocycles. The van der Waals surface area contributed by atoms with Crippen LogP contribution in [0.15, 0.2) is 11.4 Å². The summed E-state index contributed by atoms with van der Waals surface area (Å²) in [5.41, 5.74) is -0.620. The van der Waals surface area contributed by atoms with Gasteiger partial charge in [0.25, 0.3) is 5.91 Å². The quantitative estimate of drug-likeness (QED) is 0.701. The number of hydrogen-bond acceptors (Lipinski definition) is 6. The molecule has 2 aromatic heterocycles. The fourth-order valence-electron chi connectivity index (χ4n) is 3.43. The van der Waals surface area contributed by atoms with Gasteiger partial charge in [0.1, 0.15) is 11.9 Å². The van der Waals surface area contributed by atoms with Crippen LogP contribution in [0.4, 0.5) is 19.0 Å². The molecule has 1 amide bonds. The number of alkyl halides is 3. The predicted octanol–water partition coefficient (Wildman–Crippen LogP) is 4.23. The Hall–Kier alpha value is -2.36. The number of ether oxygens (including phenoxy) is 1. The number of carbonyl (C=O) groups is 2. The van der Waals surface area contributed by atoms with E-state index >= 15 is 0 Å². The standard InChI is InChI=1S/C20H24F3N3O3S/c1-11(2)8-16(27)29-12-4-6-26(7-5-12)15-9-14(20(21,22)23)18-17(25-15)13(10-30-18)19(28)24-3/h9-12H,4-8H2,1-3H3,(H,24,28). The van der Waals surface area contributed by atoms with Crippen LogP contribution in [-0.4, -0.2) is 43.1 Å². The molecule has 6 nitrogen and oxygen atoms in total. The molecular weight excluding hydrogens is 419 g/mol. The Bertz CT molecular complexity index is 935. The van der Waals surface area contributed by atoms with Gasteiger partial charge < -0.3 is 15.0 Å². The highest BCUT2D eigenvalue weighted by atomic mass is 32.1. The topological polar surface area (TPSA) is 71.5 Å². The smallest absolute Gasteiger partial charge is 0.417 e. The Morgan fingerprint density at radius 2 is 2.00 bits per heavy atom. The molecule has 164 valence electrons. The lowest BCUT2D eigenvalue weighted by atomic mass is 10.1. The number of esters is 1. The molecule has 3 heterocycles. The first-order chi connectivity index (χ1) is 14.1. The predicted molar refractivity (Wildman–Crippen MR) is 109 cm³/mol. The Balaban J connectivity index is 1.84. The highest BCUT2D eigenvalue weighted by Gasteiger charge is 2.36. The number of thiophene rings is 1. The number of rotatable bonds is 5. The molecule has 2 aromatic rings. The van der Waals surface area contributed by atoms with Gasteiger partial charge in [-0.3, -0.25) is 9.59 Å². The van der Waals surface area contributed by atoms with Gasteiger partial charge in [0.15, 0.2) is 0 Å². The number of nitrogens with one attached hydrogen (secondary N) is 1. The largest absolute Gasteiger partial charge is 0.462 e. The van der Waals surface area contributed by atoms with Crippen LogP contribution in [0, 0.1) is 5.92 Å². The Morgan fingerprint density at radius 3 is 2.57 bits per heavy atom. The average Bonchev–Trinajstić information content (AvgIpc) is 3.09. The summed E-state index contributed by atoms with van der Waals surface area (Å²) in [4.78, 5) is 30.1. The molecular formula is C20H24F3N3O3S. The molecule has 30 heavy (non-hydrogen) atoms. The fraction of sp³-hybridized carbons (Fsp3) is 0.550. The van der Waals surface area contributed by atoms with Crippen molar-refractivity contribution in [3.05, 3.63) is 22.6 Å². The number of nitrogens with zero attached hydrogens (tertiary/aromatic N) is 2. The van der Waals surface area contributed by atoms with Crippen molar-refractivity contribution in [1.29, 1.82) is 0 Å². The minimum absolute atomic E-state index is 0.0506. The summed E-state index contributed by atoms with van der Waals surface area (Å²) in [5.74, 6) is -0.356. The van der Waals surface area contributed by atoms with E-state index in [0.29, 0.717) is 32.4 Å². The van der Waals surface area contributed by atoms with E-state index in [4.69, 9.17) is 4.74 Å². The lowest BCUT2D eigenvalue weighted by Crippen LogP contribution is -2.38. The third-order valence-corrected chi connectivity index (χ3v) is 5.93. The van der Waals surface area contributed by atoms with E-state index < -0.39 is 17.6 Å². The second-order valence-corrected chi connectivity index (χ2v) is 8.59. The maximum atomic E-state index is 13.7. The number of fused-ring (bicyclic) bond motifs is 1. The van der Waals surface area contributed by atoms with Crippen molar-refractivity contribution in [2.75, 3.05) is 25.0 Å². The minimum Gasteiger partial charge on any atom is -0.462 e. The van der Waals surface area contributed by atoms with Crippen molar-refractivity contribution >= 4 is 39.2 Å². The molecule has 0 aromatic carbocycles. The van der Waals surface area contributed by atoms with Crippen molar-refractivity contribution in [3.8, 4) is 0 Å². The summed E-state index contributed by atoms with van der Waals surface area (Å²) < 4.78 is 46.4. The monoisotopic (exact) mass is 443 g/mol. The van der Waals surface area contributed by atoms with Gasteiger partial charge in [-0.1, -0.05) is 13.8 Å². The number of piperidine rings is 1. The summed E-state index contributed by atoms with van der Waals surface area (Å²) in [6.07, 6.45) is -3.45.